The number of aromatic nitrogens is 2. The number of hydrogen-bond acceptors (Lipinski definition) is 3. The topological polar surface area (TPSA) is 70.9 Å². The first-order valence-corrected chi connectivity index (χ1v) is 5.49. The Morgan fingerprint density at radius 3 is 2.76 bits per heavy atom. The van der Waals surface area contributed by atoms with Crippen LogP contribution in [0.1, 0.15) is 41.8 Å². The van der Waals surface area contributed by atoms with Crippen LogP contribution in [0.2, 0.25) is 0 Å². The van der Waals surface area contributed by atoms with E-state index in [0.717, 1.165) is 5.69 Å². The average molecular weight is 233 g/mol. The summed E-state index contributed by atoms with van der Waals surface area (Å²) in [7, 11) is 0. The molecule has 2 aromatic heterocycles. The van der Waals surface area contributed by atoms with Crippen LogP contribution in [0.5, 0.6) is 0 Å². The van der Waals surface area contributed by atoms with E-state index in [1.165, 1.54) is 0 Å². The van der Waals surface area contributed by atoms with Crippen LogP contribution in [0, 0.1) is 6.92 Å². The largest absolute Gasteiger partial charge is 0.456 e. The van der Waals surface area contributed by atoms with Crippen molar-refractivity contribution in [1.82, 2.24) is 10.2 Å². The Hall–Kier alpha value is -2.04. The predicted molar refractivity (Wildman–Crippen MR) is 64.1 cm³/mol. The van der Waals surface area contributed by atoms with Crippen LogP contribution in [0.25, 0.3) is 0 Å². The fourth-order valence-electron chi connectivity index (χ4n) is 1.43. The lowest BCUT2D eigenvalue weighted by Gasteiger charge is -1.98. The number of H-pyrrole nitrogens is 1. The molecule has 0 radical (unpaired) electrons. The third kappa shape index (κ3) is 2.55. The van der Waals surface area contributed by atoms with Crippen LogP contribution in [0.3, 0.4) is 0 Å². The van der Waals surface area contributed by atoms with Gasteiger partial charge in [0.1, 0.15) is 5.76 Å². The number of amides is 1. The third-order valence-electron chi connectivity index (χ3n) is 2.43. The Labute approximate surface area is 99.2 Å². The summed E-state index contributed by atoms with van der Waals surface area (Å²) >= 11 is 0. The molecular weight excluding hydrogens is 218 g/mol. The van der Waals surface area contributed by atoms with Crippen molar-refractivity contribution in [3.63, 3.8) is 0 Å². The zero-order valence-corrected chi connectivity index (χ0v) is 10.1. The maximum absolute atomic E-state index is 11.7. The summed E-state index contributed by atoms with van der Waals surface area (Å²) in [6.07, 6.45) is 0. The van der Waals surface area contributed by atoms with Gasteiger partial charge in [-0.05, 0) is 25.0 Å². The van der Waals surface area contributed by atoms with E-state index < -0.39 is 0 Å². The first kappa shape index (κ1) is 11.4. The van der Waals surface area contributed by atoms with E-state index in [1.54, 1.807) is 19.1 Å². The van der Waals surface area contributed by atoms with Crippen molar-refractivity contribution in [1.29, 1.82) is 0 Å². The molecule has 0 aromatic carbocycles. The van der Waals surface area contributed by atoms with Crippen LogP contribution < -0.4 is 5.32 Å². The average Bonchev–Trinajstić information content (AvgIpc) is 2.86. The SMILES string of the molecule is Cc1ccc(C(=O)Nc2cc(C(C)C)[nH]n2)o1. The van der Waals surface area contributed by atoms with Gasteiger partial charge >= 0.3 is 0 Å². The van der Waals surface area contributed by atoms with Crippen molar-refractivity contribution in [3.05, 3.63) is 35.4 Å². The smallest absolute Gasteiger partial charge is 0.292 e. The van der Waals surface area contributed by atoms with E-state index in [-0.39, 0.29) is 11.7 Å². The number of aryl methyl sites for hydroxylation is 1. The molecule has 0 aliphatic rings. The molecule has 1 amide bonds. The lowest BCUT2D eigenvalue weighted by atomic mass is 10.1. The van der Waals surface area contributed by atoms with Crippen LogP contribution in [0.15, 0.2) is 22.6 Å². The predicted octanol–water partition coefficient (Wildman–Crippen LogP) is 2.69. The standard InChI is InChI=1S/C12H15N3O2/c1-7(2)9-6-11(15-14-9)13-12(16)10-5-4-8(3)17-10/h4-7H,1-3H3,(H2,13,14,15,16). The maximum Gasteiger partial charge on any atom is 0.292 e. The molecule has 2 N–H and O–H groups in total. The number of anilines is 1. The number of nitrogens with zero attached hydrogens (tertiary/aromatic N) is 1. The summed E-state index contributed by atoms with van der Waals surface area (Å²) in [6, 6.07) is 5.21. The van der Waals surface area contributed by atoms with Crippen molar-refractivity contribution in [2.24, 2.45) is 0 Å². The number of carbonyl (C=O) groups is 1. The Kier molecular flexibility index (Phi) is 2.99. The summed E-state index contributed by atoms with van der Waals surface area (Å²) in [5.74, 6) is 1.56. The highest BCUT2D eigenvalue weighted by atomic mass is 16.3. The highest BCUT2D eigenvalue weighted by molar-refractivity contribution is 6.01. The van der Waals surface area contributed by atoms with Gasteiger partial charge < -0.3 is 9.73 Å². The molecule has 0 bridgehead atoms. The summed E-state index contributed by atoms with van der Waals surface area (Å²) in [5, 5.41) is 9.55. The Balaban J connectivity index is 2.07. The highest BCUT2D eigenvalue weighted by Crippen LogP contribution is 2.16. The van der Waals surface area contributed by atoms with E-state index in [1.807, 2.05) is 6.07 Å². The van der Waals surface area contributed by atoms with Crippen LogP contribution >= 0.6 is 0 Å². The van der Waals surface area contributed by atoms with Gasteiger partial charge in [-0.2, -0.15) is 5.10 Å². The molecule has 17 heavy (non-hydrogen) atoms. The number of hydrogen-bond donors (Lipinski definition) is 2. The molecule has 5 heteroatoms. The number of furan rings is 1. The van der Waals surface area contributed by atoms with Crippen molar-refractivity contribution in [2.75, 3.05) is 5.32 Å². The van der Waals surface area contributed by atoms with Crippen LogP contribution in [0.4, 0.5) is 5.82 Å². The normalized spacial score (nSPS) is 10.8. The Bertz CT molecular complexity index is 525. The number of rotatable bonds is 3. The van der Waals surface area contributed by atoms with Gasteiger partial charge in [-0.25, -0.2) is 0 Å². The fourth-order valence-corrected chi connectivity index (χ4v) is 1.43. The molecule has 90 valence electrons. The molecule has 0 unspecified atom stereocenters. The summed E-state index contributed by atoms with van der Waals surface area (Å²) in [4.78, 5) is 11.7. The summed E-state index contributed by atoms with van der Waals surface area (Å²) in [5.41, 5.74) is 0.982. The van der Waals surface area contributed by atoms with Crippen molar-refractivity contribution < 1.29 is 9.21 Å². The molecule has 0 aliphatic heterocycles. The van der Waals surface area contributed by atoms with Gasteiger partial charge in [0.25, 0.3) is 5.91 Å². The highest BCUT2D eigenvalue weighted by Gasteiger charge is 2.12. The zero-order valence-electron chi connectivity index (χ0n) is 10.1. The molecule has 0 fully saturated rings. The van der Waals surface area contributed by atoms with Gasteiger partial charge in [0.2, 0.25) is 0 Å². The van der Waals surface area contributed by atoms with E-state index in [4.69, 9.17) is 4.42 Å². The van der Waals surface area contributed by atoms with Gasteiger partial charge in [-0.3, -0.25) is 9.89 Å². The molecule has 2 rings (SSSR count). The molecule has 2 aromatic rings. The molecule has 2 heterocycles. The van der Waals surface area contributed by atoms with Gasteiger partial charge in [-0.15, -0.1) is 0 Å². The maximum atomic E-state index is 11.7. The van der Waals surface area contributed by atoms with Crippen molar-refractivity contribution in [3.8, 4) is 0 Å². The van der Waals surface area contributed by atoms with Crippen LogP contribution in [-0.4, -0.2) is 16.1 Å². The monoisotopic (exact) mass is 233 g/mol. The second-order valence-electron chi connectivity index (χ2n) is 4.23. The second kappa shape index (κ2) is 4.45. The molecule has 5 nitrogen and oxygen atoms in total. The van der Waals surface area contributed by atoms with Crippen LogP contribution in [-0.2, 0) is 0 Å². The Morgan fingerprint density at radius 2 is 2.24 bits per heavy atom. The third-order valence-corrected chi connectivity index (χ3v) is 2.43. The fraction of sp³-hybridized carbons (Fsp3) is 0.333. The van der Waals surface area contributed by atoms with E-state index in [0.29, 0.717) is 17.5 Å². The Morgan fingerprint density at radius 1 is 1.47 bits per heavy atom. The van der Waals surface area contributed by atoms with Crippen molar-refractivity contribution >= 4 is 11.7 Å². The molecule has 0 spiro atoms. The first-order valence-electron chi connectivity index (χ1n) is 5.49. The summed E-state index contributed by atoms with van der Waals surface area (Å²) in [6.45, 7) is 5.90. The van der Waals surface area contributed by atoms with E-state index >= 15 is 0 Å². The number of carbonyl (C=O) groups excluding carboxylic acids is 1. The zero-order chi connectivity index (χ0) is 12.4. The lowest BCUT2D eigenvalue weighted by molar-refractivity contribution is 0.0995. The minimum atomic E-state index is -0.292. The molecule has 0 saturated heterocycles. The molecule has 0 atom stereocenters. The first-order chi connectivity index (χ1) is 8.06. The minimum absolute atomic E-state index is 0.289. The minimum Gasteiger partial charge on any atom is -0.456 e. The van der Waals surface area contributed by atoms with Crippen molar-refractivity contribution in [2.45, 2.75) is 26.7 Å². The van der Waals surface area contributed by atoms with Gasteiger partial charge in [-0.1, -0.05) is 13.8 Å². The van der Waals surface area contributed by atoms with Gasteiger partial charge in [0.15, 0.2) is 11.6 Å². The van der Waals surface area contributed by atoms with Gasteiger partial charge in [0, 0.05) is 11.8 Å². The van der Waals surface area contributed by atoms with Gasteiger partial charge in [0.05, 0.1) is 0 Å². The summed E-state index contributed by atoms with van der Waals surface area (Å²) < 4.78 is 5.22. The van der Waals surface area contributed by atoms with E-state index in [2.05, 4.69) is 29.4 Å². The second-order valence-corrected chi connectivity index (χ2v) is 4.23. The molecule has 0 aliphatic carbocycles. The number of aromatic amines is 1. The number of nitrogens with one attached hydrogen (secondary N) is 2. The van der Waals surface area contributed by atoms with E-state index in [9.17, 15) is 4.79 Å². The lowest BCUT2D eigenvalue weighted by Crippen LogP contribution is -2.11. The quantitative estimate of drug-likeness (QED) is 0.856. The molecule has 0 saturated carbocycles. The molecular formula is C12H15N3O2.